The van der Waals surface area contributed by atoms with Gasteiger partial charge in [0.1, 0.15) is 0 Å². The Hall–Kier alpha value is -5.38. The molecule has 3 nitrogen and oxygen atoms in total. The predicted molar refractivity (Wildman–Crippen MR) is 227 cm³/mol. The number of hydrogen-bond donors (Lipinski definition) is 3. The van der Waals surface area contributed by atoms with Crippen LogP contribution in [0.3, 0.4) is 0 Å². The van der Waals surface area contributed by atoms with Gasteiger partial charge >= 0.3 is 0 Å². The number of nitrogens with two attached hydrogens (primary N) is 2. The van der Waals surface area contributed by atoms with E-state index in [0.29, 0.717) is 0 Å². The maximum absolute atomic E-state index is 6.40. The molecule has 0 radical (unpaired) electrons. The summed E-state index contributed by atoms with van der Waals surface area (Å²) in [5.74, 6) is 5.57. The van der Waals surface area contributed by atoms with E-state index in [9.17, 15) is 0 Å². The van der Waals surface area contributed by atoms with Crippen molar-refractivity contribution in [1.29, 1.82) is 0 Å². The SMILES string of the molecule is C=C(C)/C=C\c1ccc2ccc(-c3ccc(C)cc3)cc2c1N.C=C/C=C(\C=C/C)C(=C/CC(/C=C\C)=C/C)/NN.CC.Cc1ccccc1. The molecule has 0 saturated carbocycles. The molecule has 0 aliphatic heterocycles. The molecule has 5 N–H and O–H groups in total. The van der Waals surface area contributed by atoms with Crippen LogP contribution in [-0.2, 0) is 0 Å². The zero-order valence-corrected chi connectivity index (χ0v) is 31.6. The summed E-state index contributed by atoms with van der Waals surface area (Å²) in [6, 6.07) is 29.5. The van der Waals surface area contributed by atoms with Crippen LogP contribution in [0.1, 0.15) is 64.7 Å². The molecular formula is C47H59N3. The Bertz CT molecular complexity index is 1790. The molecule has 4 rings (SSSR count). The van der Waals surface area contributed by atoms with Crippen molar-refractivity contribution in [3.8, 4) is 11.1 Å². The zero-order chi connectivity index (χ0) is 37.3. The van der Waals surface area contributed by atoms with Crippen LogP contribution in [0.25, 0.3) is 28.0 Å². The molecule has 0 unspecified atom stereocenters. The molecule has 0 saturated heterocycles. The van der Waals surface area contributed by atoms with Crippen LogP contribution >= 0.6 is 0 Å². The Balaban J connectivity index is 0.000000410. The fourth-order valence-electron chi connectivity index (χ4n) is 4.71. The summed E-state index contributed by atoms with van der Waals surface area (Å²) in [6.07, 6.45) is 20.8. The molecule has 0 amide bonds. The summed E-state index contributed by atoms with van der Waals surface area (Å²) < 4.78 is 0. The predicted octanol–water partition coefficient (Wildman–Crippen LogP) is 12.9. The van der Waals surface area contributed by atoms with Gasteiger partial charge in [-0.05, 0) is 87.3 Å². The van der Waals surface area contributed by atoms with Gasteiger partial charge in [0, 0.05) is 11.1 Å². The number of hydrogen-bond acceptors (Lipinski definition) is 3. The number of hydrazine groups is 1. The highest BCUT2D eigenvalue weighted by atomic mass is 15.2. The zero-order valence-electron chi connectivity index (χ0n) is 31.6. The van der Waals surface area contributed by atoms with E-state index in [1.807, 2.05) is 96.2 Å². The molecule has 4 aromatic rings. The number of allylic oxidation sites excluding steroid dienone is 11. The second kappa shape index (κ2) is 24.7. The van der Waals surface area contributed by atoms with Gasteiger partial charge in [-0.2, -0.15) is 0 Å². The van der Waals surface area contributed by atoms with Crippen LogP contribution in [0.2, 0.25) is 0 Å². The van der Waals surface area contributed by atoms with E-state index < -0.39 is 0 Å². The van der Waals surface area contributed by atoms with E-state index in [2.05, 4.69) is 117 Å². The largest absolute Gasteiger partial charge is 0.398 e. The Morgan fingerprint density at radius 3 is 1.90 bits per heavy atom. The Morgan fingerprint density at radius 1 is 0.780 bits per heavy atom. The summed E-state index contributed by atoms with van der Waals surface area (Å²) in [6.45, 7) is 23.8. The first-order valence-electron chi connectivity index (χ1n) is 17.3. The number of benzene rings is 4. The van der Waals surface area contributed by atoms with Gasteiger partial charge in [-0.3, -0.25) is 5.84 Å². The minimum Gasteiger partial charge on any atom is -0.398 e. The Labute approximate surface area is 303 Å². The molecule has 4 aromatic carbocycles. The lowest BCUT2D eigenvalue weighted by Gasteiger charge is -2.09. The van der Waals surface area contributed by atoms with Gasteiger partial charge in [0.25, 0.3) is 0 Å². The van der Waals surface area contributed by atoms with Gasteiger partial charge in [-0.25, -0.2) is 0 Å². The summed E-state index contributed by atoms with van der Waals surface area (Å²) in [5, 5.41) is 2.25. The van der Waals surface area contributed by atoms with Crippen LogP contribution < -0.4 is 17.0 Å². The van der Waals surface area contributed by atoms with Crippen molar-refractivity contribution in [3.63, 3.8) is 0 Å². The minimum absolute atomic E-state index is 0.814. The van der Waals surface area contributed by atoms with E-state index in [1.54, 1.807) is 6.08 Å². The van der Waals surface area contributed by atoms with Crippen molar-refractivity contribution in [2.24, 2.45) is 5.84 Å². The van der Waals surface area contributed by atoms with Crippen molar-refractivity contribution < 1.29 is 0 Å². The van der Waals surface area contributed by atoms with E-state index >= 15 is 0 Å². The second-order valence-corrected chi connectivity index (χ2v) is 11.4. The average Bonchev–Trinajstić information content (AvgIpc) is 3.13. The lowest BCUT2D eigenvalue weighted by atomic mass is 9.97. The Morgan fingerprint density at radius 2 is 1.38 bits per heavy atom. The van der Waals surface area contributed by atoms with Crippen molar-refractivity contribution in [2.75, 3.05) is 5.73 Å². The lowest BCUT2D eigenvalue weighted by Crippen LogP contribution is -2.22. The third-order valence-corrected chi connectivity index (χ3v) is 7.37. The maximum Gasteiger partial charge on any atom is 0.0520 e. The first-order chi connectivity index (χ1) is 24.2. The Kier molecular flexibility index (Phi) is 21.1. The number of anilines is 1. The molecule has 0 aliphatic carbocycles. The second-order valence-electron chi connectivity index (χ2n) is 11.4. The number of nitrogen functional groups attached to an aromatic ring is 1. The van der Waals surface area contributed by atoms with Gasteiger partial charge in [-0.1, -0.05) is 183 Å². The highest BCUT2D eigenvalue weighted by Crippen LogP contribution is 2.31. The first kappa shape index (κ1) is 42.6. The van der Waals surface area contributed by atoms with Gasteiger partial charge < -0.3 is 11.2 Å². The van der Waals surface area contributed by atoms with Crippen molar-refractivity contribution in [3.05, 3.63) is 192 Å². The van der Waals surface area contributed by atoms with Crippen molar-refractivity contribution in [2.45, 2.75) is 61.8 Å². The van der Waals surface area contributed by atoms with Crippen LogP contribution in [0, 0.1) is 13.8 Å². The quantitative estimate of drug-likeness (QED) is 0.0683. The highest BCUT2D eigenvalue weighted by molar-refractivity contribution is 5.99. The third kappa shape index (κ3) is 15.2. The monoisotopic (exact) mass is 665 g/mol. The van der Waals surface area contributed by atoms with Gasteiger partial charge in [0.2, 0.25) is 0 Å². The number of rotatable bonds is 10. The van der Waals surface area contributed by atoms with Crippen molar-refractivity contribution >= 4 is 22.5 Å². The normalized spacial score (nSPS) is 11.7. The molecule has 0 aromatic heterocycles. The van der Waals surface area contributed by atoms with Crippen LogP contribution in [0.5, 0.6) is 0 Å². The van der Waals surface area contributed by atoms with Crippen LogP contribution in [0.15, 0.2) is 175 Å². The van der Waals surface area contributed by atoms with Crippen LogP contribution in [-0.4, -0.2) is 0 Å². The van der Waals surface area contributed by atoms with Crippen LogP contribution in [0.4, 0.5) is 5.69 Å². The maximum atomic E-state index is 6.40. The lowest BCUT2D eigenvalue weighted by molar-refractivity contribution is 0.894. The molecule has 50 heavy (non-hydrogen) atoms. The highest BCUT2D eigenvalue weighted by Gasteiger charge is 2.05. The average molecular weight is 666 g/mol. The van der Waals surface area contributed by atoms with E-state index in [-0.39, 0.29) is 0 Å². The van der Waals surface area contributed by atoms with E-state index in [0.717, 1.165) is 45.3 Å². The topological polar surface area (TPSA) is 64.1 Å². The van der Waals surface area contributed by atoms with Gasteiger partial charge in [-0.15, -0.1) is 0 Å². The summed E-state index contributed by atoms with van der Waals surface area (Å²) >= 11 is 0. The number of fused-ring (bicyclic) bond motifs is 1. The molecular weight excluding hydrogens is 607 g/mol. The van der Waals surface area contributed by atoms with Crippen molar-refractivity contribution in [1.82, 2.24) is 5.43 Å². The smallest absolute Gasteiger partial charge is 0.0520 e. The molecule has 0 bridgehead atoms. The molecule has 0 heterocycles. The molecule has 3 heteroatoms. The minimum atomic E-state index is 0.814. The number of aryl methyl sites for hydroxylation is 2. The third-order valence-electron chi connectivity index (χ3n) is 7.37. The van der Waals surface area contributed by atoms with E-state index in [1.165, 1.54) is 27.8 Å². The molecule has 262 valence electrons. The summed E-state index contributed by atoms with van der Waals surface area (Å²) in [7, 11) is 0. The summed E-state index contributed by atoms with van der Waals surface area (Å²) in [4.78, 5) is 0. The first-order valence-corrected chi connectivity index (χ1v) is 17.3. The molecule has 0 aliphatic rings. The standard InChI is InChI=1S/C22H21N.C16H24N2.C7H8.C2H6/c1-15(2)4-7-19-12-10-18-11-13-20(14-21(18)22(19)23)17-8-5-16(3)6-9-17;1-5-9-14(8-4)12-13-16(18-17)15(10-6-2)11-7-3;1-7-5-3-2-4-6-7;1-2/h4-14H,1,23H2,2-3H3;5-11,13,18H,2,12,17H2,1,3-4H3;2-6H,1H3;1-2H3/b7-4-;9-5-,11-7-,14-8+,15-10+,16-13-;;. The van der Waals surface area contributed by atoms with E-state index in [4.69, 9.17) is 11.6 Å². The summed E-state index contributed by atoms with van der Waals surface area (Å²) in [5.41, 5.74) is 20.1. The molecule has 0 spiro atoms. The fourth-order valence-corrected chi connectivity index (χ4v) is 4.71. The van der Waals surface area contributed by atoms with Gasteiger partial charge in [0.15, 0.2) is 0 Å². The fraction of sp³-hybridized carbons (Fsp3) is 0.191. The molecule has 0 atom stereocenters. The number of nitrogens with one attached hydrogen (secondary N) is 1. The molecule has 0 fully saturated rings. The van der Waals surface area contributed by atoms with Gasteiger partial charge in [0.05, 0.1) is 5.70 Å².